The molecule has 1 aromatic rings. The fraction of sp³-hybridized carbons (Fsp3) is 0.385. The van der Waals surface area contributed by atoms with Crippen molar-refractivity contribution in [1.29, 1.82) is 0 Å². The Labute approximate surface area is 132 Å². The molecule has 0 saturated carbocycles. The predicted octanol–water partition coefficient (Wildman–Crippen LogP) is 0.482. The number of benzene rings is 1. The maximum Gasteiger partial charge on any atom is 0.218 e. The number of rotatable bonds is 7. The maximum atomic E-state index is 11.1. The molecule has 0 aliphatic carbocycles. The molecule has 0 radical (unpaired) electrons. The van der Waals surface area contributed by atoms with Crippen LogP contribution in [0.25, 0.3) is 0 Å². The summed E-state index contributed by atoms with van der Waals surface area (Å²) in [6, 6.07) is 3.58. The third-order valence-corrected chi connectivity index (χ3v) is 3.86. The lowest BCUT2D eigenvalue weighted by Gasteiger charge is -2.29. The van der Waals surface area contributed by atoms with E-state index in [1.165, 1.54) is 0 Å². The topological polar surface area (TPSA) is 138 Å². The lowest BCUT2D eigenvalue weighted by molar-refractivity contribution is -0.118. The molecule has 1 rings (SSSR count). The molecule has 0 heterocycles. The van der Waals surface area contributed by atoms with Crippen molar-refractivity contribution < 1.29 is 9.59 Å². The van der Waals surface area contributed by atoms with Gasteiger partial charge in [-0.15, -0.1) is 0 Å². The molecule has 2 atom stereocenters. The highest BCUT2D eigenvalue weighted by Gasteiger charge is 2.29. The summed E-state index contributed by atoms with van der Waals surface area (Å²) in [4.78, 5) is 22.1. The van der Waals surface area contributed by atoms with Crippen LogP contribution in [0.4, 0.5) is 0 Å². The highest BCUT2D eigenvalue weighted by molar-refractivity contribution is 6.42. The van der Waals surface area contributed by atoms with Gasteiger partial charge in [0.15, 0.2) is 0 Å². The molecule has 2 unspecified atom stereocenters. The van der Waals surface area contributed by atoms with Crippen LogP contribution in [0.5, 0.6) is 0 Å². The average Bonchev–Trinajstić information content (AvgIpc) is 2.32. The zero-order valence-electron chi connectivity index (χ0n) is 11.3. The summed E-state index contributed by atoms with van der Waals surface area (Å²) in [5, 5.41) is 0.711. The van der Waals surface area contributed by atoms with E-state index >= 15 is 0 Å². The number of nitrogens with two attached hydrogens (primary N) is 4. The second-order valence-corrected chi connectivity index (χ2v) is 5.68. The summed E-state index contributed by atoms with van der Waals surface area (Å²) in [5.41, 5.74) is 23.0. The molecular formula is C13H18Cl2N4O2. The number of primary amides is 2. The minimum Gasteiger partial charge on any atom is -0.370 e. The first-order valence-corrected chi connectivity index (χ1v) is 7.00. The van der Waals surface area contributed by atoms with Gasteiger partial charge in [-0.3, -0.25) is 9.59 Å². The van der Waals surface area contributed by atoms with Crippen molar-refractivity contribution in [3.63, 3.8) is 0 Å². The number of halogens is 2. The Kier molecular flexibility index (Phi) is 6.42. The Hall–Kier alpha value is -1.34. The highest BCUT2D eigenvalue weighted by atomic mass is 35.5. The van der Waals surface area contributed by atoms with E-state index in [4.69, 9.17) is 46.1 Å². The molecule has 0 aliphatic heterocycles. The molecule has 116 valence electrons. The van der Waals surface area contributed by atoms with Crippen LogP contribution < -0.4 is 22.9 Å². The van der Waals surface area contributed by atoms with Gasteiger partial charge in [-0.05, 0) is 17.7 Å². The normalized spacial score (nSPS) is 15.2. The van der Waals surface area contributed by atoms with Gasteiger partial charge in [-0.2, -0.15) is 0 Å². The Morgan fingerprint density at radius 1 is 0.952 bits per heavy atom. The van der Waals surface area contributed by atoms with Crippen LogP contribution in [0, 0.1) is 0 Å². The summed E-state index contributed by atoms with van der Waals surface area (Å²) >= 11 is 11.9. The van der Waals surface area contributed by atoms with E-state index in [9.17, 15) is 9.59 Å². The molecule has 8 N–H and O–H groups in total. The summed E-state index contributed by atoms with van der Waals surface area (Å²) in [7, 11) is 0. The minimum atomic E-state index is -0.658. The lowest BCUT2D eigenvalue weighted by Crippen LogP contribution is -2.44. The smallest absolute Gasteiger partial charge is 0.218 e. The van der Waals surface area contributed by atoms with Gasteiger partial charge in [0.05, 0.1) is 10.0 Å². The van der Waals surface area contributed by atoms with Crippen molar-refractivity contribution >= 4 is 35.0 Å². The third kappa shape index (κ3) is 5.17. The van der Waals surface area contributed by atoms with Gasteiger partial charge in [0.25, 0.3) is 0 Å². The molecule has 6 nitrogen and oxygen atoms in total. The van der Waals surface area contributed by atoms with E-state index in [2.05, 4.69) is 0 Å². The molecule has 0 saturated heterocycles. The fourth-order valence-electron chi connectivity index (χ4n) is 2.25. The van der Waals surface area contributed by atoms with Crippen LogP contribution in [-0.2, 0) is 9.59 Å². The van der Waals surface area contributed by atoms with Gasteiger partial charge >= 0.3 is 0 Å². The average molecular weight is 333 g/mol. The van der Waals surface area contributed by atoms with Crippen LogP contribution in [-0.4, -0.2) is 23.9 Å². The van der Waals surface area contributed by atoms with E-state index < -0.39 is 29.8 Å². The Morgan fingerprint density at radius 3 is 1.81 bits per heavy atom. The van der Waals surface area contributed by atoms with Crippen molar-refractivity contribution in [2.75, 3.05) is 0 Å². The molecule has 0 fully saturated rings. The monoisotopic (exact) mass is 332 g/mol. The first-order chi connectivity index (χ1) is 9.72. The third-order valence-electron chi connectivity index (χ3n) is 3.12. The maximum absolute atomic E-state index is 11.1. The van der Waals surface area contributed by atoms with Gasteiger partial charge in [-0.25, -0.2) is 0 Å². The first kappa shape index (κ1) is 17.7. The molecule has 21 heavy (non-hydrogen) atoms. The van der Waals surface area contributed by atoms with Crippen LogP contribution in [0.15, 0.2) is 18.2 Å². The Balaban J connectivity index is 3.13. The SMILES string of the molecule is NC(=O)CC(N)C(c1ccc(Cl)c(Cl)c1)C(N)CC(N)=O. The summed E-state index contributed by atoms with van der Waals surface area (Å²) < 4.78 is 0. The summed E-state index contributed by atoms with van der Waals surface area (Å²) in [6.07, 6.45) is -0.144. The Morgan fingerprint density at radius 2 is 1.43 bits per heavy atom. The number of carbonyl (C=O) groups is 2. The van der Waals surface area contributed by atoms with E-state index in [0.29, 0.717) is 15.6 Å². The van der Waals surface area contributed by atoms with Crippen molar-refractivity contribution in [3.05, 3.63) is 33.8 Å². The van der Waals surface area contributed by atoms with E-state index in [0.717, 1.165) is 0 Å². The van der Waals surface area contributed by atoms with Gasteiger partial charge in [0, 0.05) is 30.8 Å². The van der Waals surface area contributed by atoms with Gasteiger partial charge in [-0.1, -0.05) is 29.3 Å². The quantitative estimate of drug-likeness (QED) is 0.576. The van der Waals surface area contributed by atoms with Crippen molar-refractivity contribution in [2.24, 2.45) is 22.9 Å². The zero-order chi connectivity index (χ0) is 16.2. The van der Waals surface area contributed by atoms with E-state index in [-0.39, 0.29) is 12.8 Å². The van der Waals surface area contributed by atoms with Crippen LogP contribution >= 0.6 is 23.2 Å². The number of amides is 2. The first-order valence-electron chi connectivity index (χ1n) is 6.25. The molecule has 0 aliphatic rings. The Bertz CT molecular complexity index is 517. The van der Waals surface area contributed by atoms with Crippen molar-refractivity contribution in [3.8, 4) is 0 Å². The second-order valence-electron chi connectivity index (χ2n) is 4.87. The van der Waals surface area contributed by atoms with Gasteiger partial charge in [0.2, 0.25) is 11.8 Å². The van der Waals surface area contributed by atoms with E-state index in [1.54, 1.807) is 18.2 Å². The number of hydrogen-bond acceptors (Lipinski definition) is 4. The van der Waals surface area contributed by atoms with E-state index in [1.807, 2.05) is 0 Å². The summed E-state index contributed by atoms with van der Waals surface area (Å²) in [5.74, 6) is -1.61. The largest absolute Gasteiger partial charge is 0.370 e. The van der Waals surface area contributed by atoms with Gasteiger partial charge < -0.3 is 22.9 Å². The molecule has 2 amide bonds. The molecule has 0 spiro atoms. The number of carbonyl (C=O) groups excluding carboxylic acids is 2. The zero-order valence-corrected chi connectivity index (χ0v) is 12.8. The standard InChI is InChI=1S/C13H18Cl2N4O2/c14-7-2-1-6(3-8(7)15)13(9(16)4-11(18)20)10(17)5-12(19)21/h1-3,9-10,13H,4-5,16-17H2,(H2,18,20)(H2,19,21). The molecule has 0 bridgehead atoms. The molecular weight excluding hydrogens is 315 g/mol. The van der Waals surface area contributed by atoms with Crippen molar-refractivity contribution in [2.45, 2.75) is 30.8 Å². The highest BCUT2D eigenvalue weighted by Crippen LogP contribution is 2.30. The van der Waals surface area contributed by atoms with Crippen molar-refractivity contribution in [1.82, 2.24) is 0 Å². The minimum absolute atomic E-state index is 0.0720. The van der Waals surface area contributed by atoms with Gasteiger partial charge in [0.1, 0.15) is 0 Å². The fourth-order valence-corrected chi connectivity index (χ4v) is 2.56. The van der Waals surface area contributed by atoms with Crippen LogP contribution in [0.1, 0.15) is 24.3 Å². The second kappa shape index (κ2) is 7.61. The van der Waals surface area contributed by atoms with Crippen LogP contribution in [0.2, 0.25) is 10.0 Å². The summed E-state index contributed by atoms with van der Waals surface area (Å²) in [6.45, 7) is 0. The predicted molar refractivity (Wildman–Crippen MR) is 82.8 cm³/mol. The van der Waals surface area contributed by atoms with Crippen LogP contribution in [0.3, 0.4) is 0 Å². The lowest BCUT2D eigenvalue weighted by atomic mass is 9.82. The number of hydrogen-bond donors (Lipinski definition) is 4. The molecule has 8 heteroatoms. The molecule has 0 aromatic heterocycles. The molecule has 1 aromatic carbocycles.